The standard InChI is InChI=1S/C27H18ClNO3S/c28-22-9-5-10-23(16-22)29-26(30)25(33-27(29)31)15-21-8-3-4-11-24(21)32-17-18-12-13-19-6-1-2-7-20(19)14-18/h1-16H,17H2/b25-15+. The van der Waals surface area contributed by atoms with E-state index in [0.717, 1.165) is 33.2 Å². The molecular weight excluding hydrogens is 454 g/mol. The van der Waals surface area contributed by atoms with Gasteiger partial charge in [-0.15, -0.1) is 0 Å². The van der Waals surface area contributed by atoms with E-state index in [1.807, 2.05) is 42.5 Å². The summed E-state index contributed by atoms with van der Waals surface area (Å²) < 4.78 is 6.09. The van der Waals surface area contributed by atoms with Crippen molar-refractivity contribution in [3.63, 3.8) is 0 Å². The van der Waals surface area contributed by atoms with Crippen LogP contribution < -0.4 is 9.64 Å². The van der Waals surface area contributed by atoms with Crippen molar-refractivity contribution >= 4 is 57.0 Å². The van der Waals surface area contributed by atoms with E-state index in [-0.39, 0.29) is 11.1 Å². The molecule has 1 aliphatic rings. The number of amides is 2. The molecule has 0 spiro atoms. The van der Waals surface area contributed by atoms with Crippen molar-refractivity contribution in [2.24, 2.45) is 0 Å². The molecule has 4 nitrogen and oxygen atoms in total. The fourth-order valence-electron chi connectivity index (χ4n) is 3.67. The molecule has 1 fully saturated rings. The lowest BCUT2D eigenvalue weighted by molar-refractivity contribution is -0.113. The number of halogens is 1. The number of thioether (sulfide) groups is 1. The molecule has 6 heteroatoms. The number of nitrogens with zero attached hydrogens (tertiary/aromatic N) is 1. The normalized spacial score (nSPS) is 14.9. The zero-order valence-electron chi connectivity index (χ0n) is 17.4. The number of ether oxygens (including phenoxy) is 1. The molecule has 4 aromatic carbocycles. The lowest BCUT2D eigenvalue weighted by atomic mass is 10.1. The Hall–Kier alpha value is -3.54. The summed E-state index contributed by atoms with van der Waals surface area (Å²) in [5.74, 6) is 0.261. The summed E-state index contributed by atoms with van der Waals surface area (Å²) in [6, 6.07) is 28.6. The van der Waals surface area contributed by atoms with Crippen LogP contribution in [0, 0.1) is 0 Å². The molecule has 0 aliphatic carbocycles. The Balaban J connectivity index is 1.38. The summed E-state index contributed by atoms with van der Waals surface area (Å²) in [4.78, 5) is 27.0. The number of carbonyl (C=O) groups excluding carboxylic acids is 2. The smallest absolute Gasteiger partial charge is 0.298 e. The van der Waals surface area contributed by atoms with Crippen LogP contribution in [0.3, 0.4) is 0 Å². The highest BCUT2D eigenvalue weighted by Crippen LogP contribution is 2.37. The topological polar surface area (TPSA) is 46.6 Å². The van der Waals surface area contributed by atoms with Crippen LogP contribution in [0.15, 0.2) is 95.9 Å². The average Bonchev–Trinajstić information content (AvgIpc) is 3.11. The number of hydrogen-bond donors (Lipinski definition) is 0. The van der Waals surface area contributed by atoms with E-state index in [4.69, 9.17) is 16.3 Å². The van der Waals surface area contributed by atoms with Crippen molar-refractivity contribution in [1.82, 2.24) is 0 Å². The zero-order valence-corrected chi connectivity index (χ0v) is 19.0. The van der Waals surface area contributed by atoms with E-state index < -0.39 is 0 Å². The summed E-state index contributed by atoms with van der Waals surface area (Å²) in [5, 5.41) is 2.43. The fraction of sp³-hybridized carbons (Fsp3) is 0.0370. The van der Waals surface area contributed by atoms with Crippen LogP contribution >= 0.6 is 23.4 Å². The molecule has 0 saturated carbocycles. The zero-order chi connectivity index (χ0) is 22.8. The van der Waals surface area contributed by atoms with Crippen molar-refractivity contribution in [2.45, 2.75) is 6.61 Å². The minimum absolute atomic E-state index is 0.335. The van der Waals surface area contributed by atoms with E-state index in [9.17, 15) is 9.59 Å². The van der Waals surface area contributed by atoms with Crippen LogP contribution in [0.4, 0.5) is 10.5 Å². The first kappa shape index (κ1) is 21.3. The van der Waals surface area contributed by atoms with Crippen LogP contribution in [0.2, 0.25) is 5.02 Å². The number of imide groups is 1. The highest BCUT2D eigenvalue weighted by Gasteiger charge is 2.36. The Morgan fingerprint density at radius 1 is 0.848 bits per heavy atom. The van der Waals surface area contributed by atoms with E-state index >= 15 is 0 Å². The molecule has 0 radical (unpaired) electrons. The third kappa shape index (κ3) is 4.51. The van der Waals surface area contributed by atoms with Gasteiger partial charge in [0.2, 0.25) is 0 Å². The maximum atomic E-state index is 13.0. The van der Waals surface area contributed by atoms with Gasteiger partial charge < -0.3 is 4.74 Å². The summed E-state index contributed by atoms with van der Waals surface area (Å²) in [5.41, 5.74) is 2.23. The SMILES string of the molecule is O=C1S/C(=C/c2ccccc2OCc2ccc3ccccc3c2)C(=O)N1c1cccc(Cl)c1. The van der Waals surface area contributed by atoms with E-state index in [1.54, 1.807) is 30.3 Å². The molecule has 0 unspecified atom stereocenters. The number of rotatable bonds is 5. The maximum absolute atomic E-state index is 13.0. The minimum atomic E-state index is -0.378. The predicted molar refractivity (Wildman–Crippen MR) is 135 cm³/mol. The summed E-state index contributed by atoms with van der Waals surface area (Å²) in [6.45, 7) is 0.389. The Bertz CT molecular complexity index is 1420. The van der Waals surface area contributed by atoms with Crippen molar-refractivity contribution in [3.05, 3.63) is 112 Å². The molecule has 1 heterocycles. The first-order valence-corrected chi connectivity index (χ1v) is 11.5. The van der Waals surface area contributed by atoms with Crippen LogP contribution in [0.1, 0.15) is 11.1 Å². The van der Waals surface area contributed by atoms with Gasteiger partial charge in [0.25, 0.3) is 11.1 Å². The van der Waals surface area contributed by atoms with Crippen LogP contribution in [0.25, 0.3) is 16.8 Å². The fourth-order valence-corrected chi connectivity index (χ4v) is 4.68. The average molecular weight is 472 g/mol. The van der Waals surface area contributed by atoms with Gasteiger partial charge in [0, 0.05) is 10.6 Å². The van der Waals surface area contributed by atoms with E-state index in [0.29, 0.717) is 28.0 Å². The van der Waals surface area contributed by atoms with Crippen LogP contribution in [0.5, 0.6) is 5.75 Å². The van der Waals surface area contributed by atoms with Gasteiger partial charge in [0.15, 0.2) is 0 Å². The van der Waals surface area contributed by atoms with Gasteiger partial charge in [-0.2, -0.15) is 0 Å². The summed E-state index contributed by atoms with van der Waals surface area (Å²) in [6.07, 6.45) is 1.70. The Labute approximate surface area is 200 Å². The number of benzene rings is 4. The van der Waals surface area contributed by atoms with E-state index in [1.165, 1.54) is 5.39 Å². The number of hydrogen-bond acceptors (Lipinski definition) is 4. The second-order valence-corrected chi connectivity index (χ2v) is 8.93. The van der Waals surface area contributed by atoms with Gasteiger partial charge in [-0.05, 0) is 64.5 Å². The van der Waals surface area contributed by atoms with Crippen LogP contribution in [-0.4, -0.2) is 11.1 Å². The predicted octanol–water partition coefficient (Wildman–Crippen LogP) is 7.31. The highest BCUT2D eigenvalue weighted by molar-refractivity contribution is 8.19. The molecule has 0 bridgehead atoms. The molecular formula is C27H18ClNO3S. The van der Waals surface area contributed by atoms with Crippen molar-refractivity contribution in [1.29, 1.82) is 0 Å². The lowest BCUT2D eigenvalue weighted by Crippen LogP contribution is -2.27. The number of para-hydroxylation sites is 1. The van der Waals surface area contributed by atoms with E-state index in [2.05, 4.69) is 24.3 Å². The monoisotopic (exact) mass is 471 g/mol. The van der Waals surface area contributed by atoms with Gasteiger partial charge >= 0.3 is 0 Å². The quantitative estimate of drug-likeness (QED) is 0.286. The second-order valence-electron chi connectivity index (χ2n) is 7.50. The molecule has 5 rings (SSSR count). The minimum Gasteiger partial charge on any atom is -0.488 e. The lowest BCUT2D eigenvalue weighted by Gasteiger charge is -2.12. The summed E-state index contributed by atoms with van der Waals surface area (Å²) in [7, 11) is 0. The Kier molecular flexibility index (Phi) is 5.90. The molecule has 0 atom stereocenters. The molecule has 1 saturated heterocycles. The Morgan fingerprint density at radius 2 is 1.64 bits per heavy atom. The van der Waals surface area contributed by atoms with Crippen LogP contribution in [-0.2, 0) is 11.4 Å². The van der Waals surface area contributed by atoms with Gasteiger partial charge in [0.05, 0.1) is 10.6 Å². The largest absolute Gasteiger partial charge is 0.488 e. The number of anilines is 1. The third-order valence-corrected chi connectivity index (χ3v) is 6.38. The Morgan fingerprint density at radius 3 is 2.48 bits per heavy atom. The number of carbonyl (C=O) groups is 2. The van der Waals surface area contributed by atoms with Gasteiger partial charge in [0.1, 0.15) is 12.4 Å². The second kappa shape index (κ2) is 9.14. The molecule has 162 valence electrons. The maximum Gasteiger partial charge on any atom is 0.298 e. The molecule has 33 heavy (non-hydrogen) atoms. The number of fused-ring (bicyclic) bond motifs is 1. The van der Waals surface area contributed by atoms with Gasteiger partial charge in [-0.1, -0.05) is 72.3 Å². The summed E-state index contributed by atoms with van der Waals surface area (Å²) >= 11 is 6.94. The highest BCUT2D eigenvalue weighted by atomic mass is 35.5. The molecule has 0 N–H and O–H groups in total. The first-order chi connectivity index (χ1) is 16.1. The molecule has 1 aliphatic heterocycles. The third-order valence-electron chi connectivity index (χ3n) is 5.27. The van der Waals surface area contributed by atoms with Crippen molar-refractivity contribution in [3.8, 4) is 5.75 Å². The van der Waals surface area contributed by atoms with Gasteiger partial charge in [-0.25, -0.2) is 4.90 Å². The molecule has 0 aromatic heterocycles. The van der Waals surface area contributed by atoms with Crippen molar-refractivity contribution in [2.75, 3.05) is 4.90 Å². The molecule has 4 aromatic rings. The van der Waals surface area contributed by atoms with Gasteiger partial charge in [-0.3, -0.25) is 9.59 Å². The van der Waals surface area contributed by atoms with Crippen molar-refractivity contribution < 1.29 is 14.3 Å². The first-order valence-electron chi connectivity index (χ1n) is 10.3. The molecule has 2 amide bonds.